The highest BCUT2D eigenvalue weighted by molar-refractivity contribution is 8.76. The molecule has 0 aromatic carbocycles. The number of aliphatic hydroxyl groups is 4. The third-order valence-electron chi connectivity index (χ3n) is 18.7. The van der Waals surface area contributed by atoms with Crippen LogP contribution in [0.25, 0.3) is 0 Å². The number of allylic oxidation sites excluding steroid dienone is 20. The monoisotopic (exact) mass is 1430 g/mol. The van der Waals surface area contributed by atoms with E-state index in [-0.39, 0.29) is 18.2 Å². The summed E-state index contributed by atoms with van der Waals surface area (Å²) in [5.41, 5.74) is 0. The van der Waals surface area contributed by atoms with Gasteiger partial charge in [-0.25, -0.2) is 0 Å². The molecule has 0 aliphatic carbocycles. The number of piperazine rings is 1. The molecule has 4 N–H and O–H groups in total. The smallest absolute Gasteiger partial charge is 0.305 e. The van der Waals surface area contributed by atoms with Crippen molar-refractivity contribution in [3.05, 3.63) is 122 Å². The molecule has 0 amide bonds. The van der Waals surface area contributed by atoms with Crippen molar-refractivity contribution in [2.75, 3.05) is 96.6 Å². The predicted octanol–water partition coefficient (Wildman–Crippen LogP) is 22.4. The van der Waals surface area contributed by atoms with Gasteiger partial charge in [0.2, 0.25) is 0 Å². The lowest BCUT2D eigenvalue weighted by Gasteiger charge is -2.34. The first kappa shape index (κ1) is 95.3. The van der Waals surface area contributed by atoms with Gasteiger partial charge in [-0.3, -0.25) is 24.4 Å². The number of rotatable bonds is 74. The molecular weight excluding hydrogens is 1270 g/mol. The maximum Gasteiger partial charge on any atom is 0.305 e. The summed E-state index contributed by atoms with van der Waals surface area (Å²) in [6, 6.07) is 0. The Balaban J connectivity index is 2.48. The Morgan fingerprint density at radius 2 is 0.650 bits per heavy atom. The summed E-state index contributed by atoms with van der Waals surface area (Å²) in [5, 5.41) is 44.8. The van der Waals surface area contributed by atoms with Crippen LogP contribution in [0.15, 0.2) is 122 Å². The largest absolute Gasteiger partial charge is 0.464 e. The second-order valence-electron chi connectivity index (χ2n) is 28.4. The predicted molar refractivity (Wildman–Crippen MR) is 443 cm³/mol. The topological polar surface area (TPSA) is 120 Å². The van der Waals surface area contributed by atoms with E-state index in [1.807, 2.05) is 21.6 Å². The first-order valence-electron chi connectivity index (χ1n) is 41.7. The fourth-order valence-corrected chi connectivity index (χ4v) is 14.7. The Labute approximate surface area is 626 Å². The molecule has 4 atom stereocenters. The van der Waals surface area contributed by atoms with E-state index in [0.29, 0.717) is 52.2 Å². The summed E-state index contributed by atoms with van der Waals surface area (Å²) in [6.45, 7) is 19.1. The van der Waals surface area contributed by atoms with Gasteiger partial charge >= 0.3 is 5.97 Å². The molecule has 1 heterocycles. The number of carbonyl (C=O) groups is 1. The van der Waals surface area contributed by atoms with Crippen molar-refractivity contribution in [2.24, 2.45) is 0 Å². The molecule has 0 bridgehead atoms. The molecule has 1 aliphatic heterocycles. The number of hydrogen-bond donors (Lipinski definition) is 4. The van der Waals surface area contributed by atoms with Gasteiger partial charge < -0.3 is 25.2 Å². The van der Waals surface area contributed by atoms with Crippen molar-refractivity contribution < 1.29 is 30.0 Å². The van der Waals surface area contributed by atoms with Gasteiger partial charge in [-0.1, -0.05) is 274 Å². The molecule has 1 saturated heterocycles. The molecule has 100 heavy (non-hydrogen) atoms. The number of ether oxygens (including phenoxy) is 1. The molecule has 4 unspecified atom stereocenters. The molecule has 0 aromatic heterocycles. The Bertz CT molecular complexity index is 1940. The van der Waals surface area contributed by atoms with Gasteiger partial charge in [-0.2, -0.15) is 0 Å². The van der Waals surface area contributed by atoms with Crippen molar-refractivity contribution in [2.45, 2.75) is 335 Å². The lowest BCUT2D eigenvalue weighted by molar-refractivity contribution is -0.144. The van der Waals surface area contributed by atoms with Crippen LogP contribution in [-0.2, 0) is 9.53 Å². The Hall–Kier alpha value is -2.75. The van der Waals surface area contributed by atoms with E-state index in [1.165, 1.54) is 116 Å². The Kier molecular flexibility index (Phi) is 73.7. The number of nitrogens with zero attached hydrogens (tertiary/aromatic N) is 4. The van der Waals surface area contributed by atoms with Gasteiger partial charge in [0, 0.05) is 83.4 Å². The summed E-state index contributed by atoms with van der Waals surface area (Å²) in [6.07, 6.45) is 91.5. The van der Waals surface area contributed by atoms with Crippen molar-refractivity contribution >= 4 is 27.6 Å². The maximum atomic E-state index is 13.0. The second-order valence-corrected chi connectivity index (χ2v) is 31.1. The van der Waals surface area contributed by atoms with Crippen LogP contribution in [0.5, 0.6) is 0 Å². The minimum absolute atomic E-state index is 0.160. The number of aliphatic hydroxyl groups excluding tert-OH is 4. The van der Waals surface area contributed by atoms with Gasteiger partial charge in [0.1, 0.15) is 6.61 Å². The van der Waals surface area contributed by atoms with E-state index < -0.39 is 12.2 Å². The Morgan fingerprint density at radius 3 is 1.00 bits per heavy atom. The van der Waals surface area contributed by atoms with Crippen LogP contribution < -0.4 is 0 Å². The first-order valence-corrected chi connectivity index (χ1v) is 44.2. The molecule has 1 fully saturated rings. The van der Waals surface area contributed by atoms with Crippen molar-refractivity contribution in [3.63, 3.8) is 0 Å². The third kappa shape index (κ3) is 69.6. The van der Waals surface area contributed by atoms with Crippen molar-refractivity contribution in [1.29, 1.82) is 0 Å². The first-order chi connectivity index (χ1) is 49.2. The average molecular weight is 1430 g/mol. The fraction of sp³-hybridized carbons (Fsp3) is 0.761. The van der Waals surface area contributed by atoms with Crippen LogP contribution in [0.1, 0.15) is 310 Å². The molecule has 578 valence electrons. The van der Waals surface area contributed by atoms with Crippen LogP contribution in [0.3, 0.4) is 0 Å². The van der Waals surface area contributed by atoms with Crippen LogP contribution in [-0.4, -0.2) is 167 Å². The van der Waals surface area contributed by atoms with Gasteiger partial charge in [0.15, 0.2) is 0 Å². The molecule has 0 radical (unpaired) electrons. The Morgan fingerprint density at radius 1 is 0.350 bits per heavy atom. The zero-order chi connectivity index (χ0) is 72.2. The highest BCUT2D eigenvalue weighted by Gasteiger charge is 2.20. The van der Waals surface area contributed by atoms with Crippen LogP contribution >= 0.6 is 21.6 Å². The maximum absolute atomic E-state index is 13.0. The molecule has 1 rings (SSSR count). The van der Waals surface area contributed by atoms with Gasteiger partial charge in [0.05, 0.1) is 24.4 Å². The molecule has 10 nitrogen and oxygen atoms in total. The summed E-state index contributed by atoms with van der Waals surface area (Å²) in [4.78, 5) is 22.5. The zero-order valence-corrected chi connectivity index (χ0v) is 66.9. The average Bonchev–Trinajstić information content (AvgIpc) is 1.06. The highest BCUT2D eigenvalue weighted by Crippen LogP contribution is 2.24. The quantitative estimate of drug-likeness (QED) is 0.0201. The van der Waals surface area contributed by atoms with E-state index in [1.54, 1.807) is 0 Å². The minimum atomic E-state index is -0.451. The minimum Gasteiger partial charge on any atom is -0.464 e. The van der Waals surface area contributed by atoms with Crippen LogP contribution in [0, 0.1) is 0 Å². The van der Waals surface area contributed by atoms with Crippen LogP contribution in [0.4, 0.5) is 0 Å². The van der Waals surface area contributed by atoms with E-state index in [4.69, 9.17) is 4.74 Å². The van der Waals surface area contributed by atoms with Gasteiger partial charge in [-0.05, 0) is 186 Å². The normalized spacial score (nSPS) is 15.3. The van der Waals surface area contributed by atoms with E-state index in [9.17, 15) is 25.2 Å². The van der Waals surface area contributed by atoms with Crippen molar-refractivity contribution in [1.82, 2.24) is 19.6 Å². The molecular formula is C88H158N4O6S2. The van der Waals surface area contributed by atoms with Gasteiger partial charge in [0.25, 0.3) is 0 Å². The summed E-state index contributed by atoms with van der Waals surface area (Å²) >= 11 is 0. The molecule has 12 heteroatoms. The molecule has 1 aliphatic rings. The molecule has 0 saturated carbocycles. The third-order valence-corrected chi connectivity index (χ3v) is 21.2. The molecule has 0 aromatic rings. The number of hydrogen-bond acceptors (Lipinski definition) is 12. The summed E-state index contributed by atoms with van der Waals surface area (Å²) < 4.78 is 5.77. The summed E-state index contributed by atoms with van der Waals surface area (Å²) in [5.74, 6) is 2.06. The summed E-state index contributed by atoms with van der Waals surface area (Å²) in [7, 11) is 3.97. The van der Waals surface area contributed by atoms with E-state index in [0.717, 1.165) is 211 Å². The number of esters is 1. The van der Waals surface area contributed by atoms with Crippen molar-refractivity contribution in [3.8, 4) is 0 Å². The van der Waals surface area contributed by atoms with E-state index in [2.05, 4.69) is 169 Å². The zero-order valence-electron chi connectivity index (χ0n) is 65.3. The molecule has 0 spiro atoms. The van der Waals surface area contributed by atoms with Gasteiger partial charge in [-0.15, -0.1) is 0 Å². The lowest BCUT2D eigenvalue weighted by Crippen LogP contribution is -2.47. The SMILES string of the molecule is CC/C=C\C/C=C\C/C=C\CCCCCCC(O)CN(CCCC(=O)OCCN1CCN(CCSSCCCCN(CC(O)CCCCCC/C=C\C/C=C\CCCCC)CC(O)CCCCCC/C=C\C/C=C\CCCCC)CC1)CC(O)CCCCCC/C=C\C/C=C\C/C=C\CC. The standard InChI is InChI=1S/C88H158N4O6S2/c1-5-9-13-17-21-25-29-33-37-41-45-49-53-57-64-84(93)80-91(81-85(94)65-58-54-50-46-42-38-34-30-26-22-18-14-10-6-2)69-61-62-78-99-100-79-76-90-73-71-89(72-74-90)75-77-98-88(97)68-63-70-92(82-86(95)66-59-55-51-47-43-39-35-31-27-23-19-15-11-7-3)83-87(96)67-60-56-52-48-44-40-36-32-28-24-20-16-12-8-4/h11-12,15-16,21-28,33-40,84-87,93-96H,5-10,13-14,17-20,29-32,41-83H2,1-4H3/b15-11-,16-12-,25-21-,26-22-,27-23-,28-24-,37-33-,38-34-,39-35-,40-36-. The highest BCUT2D eigenvalue weighted by atomic mass is 33.1. The second kappa shape index (κ2) is 77.4. The number of unbranched alkanes of at least 4 members (excludes halogenated alkanes) is 23. The van der Waals surface area contributed by atoms with Crippen LogP contribution in [0.2, 0.25) is 0 Å². The lowest BCUT2D eigenvalue weighted by atomic mass is 10.1. The van der Waals surface area contributed by atoms with E-state index >= 15 is 0 Å². The number of carbonyl (C=O) groups excluding carboxylic acids is 1. The fourth-order valence-electron chi connectivity index (χ4n) is 12.6.